The van der Waals surface area contributed by atoms with E-state index in [9.17, 15) is 9.59 Å². The molecule has 0 radical (unpaired) electrons. The zero-order chi connectivity index (χ0) is 19.7. The summed E-state index contributed by atoms with van der Waals surface area (Å²) in [6.07, 6.45) is 3.16. The van der Waals surface area contributed by atoms with Gasteiger partial charge in [-0.05, 0) is 18.2 Å². The van der Waals surface area contributed by atoms with Gasteiger partial charge in [0.25, 0.3) is 5.91 Å². The summed E-state index contributed by atoms with van der Waals surface area (Å²) in [5.41, 5.74) is 0.847. The molecule has 9 nitrogen and oxygen atoms in total. The molecule has 0 unspecified atom stereocenters. The van der Waals surface area contributed by atoms with E-state index in [0.717, 1.165) is 5.56 Å². The van der Waals surface area contributed by atoms with Crippen molar-refractivity contribution in [1.29, 1.82) is 0 Å². The number of amides is 2. The number of anilines is 1. The highest BCUT2D eigenvalue weighted by Crippen LogP contribution is 2.37. The van der Waals surface area contributed by atoms with E-state index >= 15 is 0 Å². The van der Waals surface area contributed by atoms with Gasteiger partial charge in [-0.25, -0.2) is 4.98 Å². The molecule has 2 aromatic heterocycles. The maximum Gasteiger partial charge on any atom is 0.268 e. The number of carbonyl (C=O) groups is 2. The van der Waals surface area contributed by atoms with Crippen LogP contribution in [0.1, 0.15) is 9.67 Å². The van der Waals surface area contributed by atoms with Crippen LogP contribution in [0.5, 0.6) is 11.5 Å². The second-order valence-corrected chi connectivity index (χ2v) is 7.27. The van der Waals surface area contributed by atoms with Crippen LogP contribution in [0, 0.1) is 0 Å². The quantitative estimate of drug-likeness (QED) is 0.705. The predicted octanol–water partition coefficient (Wildman–Crippen LogP) is 2.08. The molecule has 10 heteroatoms. The summed E-state index contributed by atoms with van der Waals surface area (Å²) >= 11 is 1.27. The number of carbonyl (C=O) groups excluding carboxylic acids is 2. The number of nitrogens with zero attached hydrogens (tertiary/aromatic N) is 4. The van der Waals surface area contributed by atoms with E-state index in [4.69, 9.17) is 9.47 Å². The zero-order valence-electron chi connectivity index (χ0n) is 15.2. The summed E-state index contributed by atoms with van der Waals surface area (Å²) in [5.74, 6) is 1.33. The molecule has 3 aromatic rings. The summed E-state index contributed by atoms with van der Waals surface area (Å²) < 4.78 is 12.2. The van der Waals surface area contributed by atoms with Crippen LogP contribution in [0.2, 0.25) is 0 Å². The van der Waals surface area contributed by atoms with Crippen LogP contribution in [-0.2, 0) is 11.3 Å². The predicted molar refractivity (Wildman–Crippen MR) is 103 cm³/mol. The lowest BCUT2D eigenvalue weighted by molar-refractivity contribution is -0.129. The largest absolute Gasteiger partial charge is 0.454 e. The van der Waals surface area contributed by atoms with Crippen LogP contribution in [0.25, 0.3) is 10.6 Å². The van der Waals surface area contributed by atoms with Crippen molar-refractivity contribution in [3.05, 3.63) is 41.5 Å². The van der Waals surface area contributed by atoms with Gasteiger partial charge in [0.05, 0.1) is 6.20 Å². The van der Waals surface area contributed by atoms with Gasteiger partial charge in [0.1, 0.15) is 16.4 Å². The van der Waals surface area contributed by atoms with Crippen molar-refractivity contribution in [3.8, 4) is 22.1 Å². The van der Waals surface area contributed by atoms with Gasteiger partial charge in [0.15, 0.2) is 17.3 Å². The second-order valence-electron chi connectivity index (χ2n) is 6.24. The number of hydrogen-bond acceptors (Lipinski definition) is 7. The number of aromatic nitrogens is 3. The van der Waals surface area contributed by atoms with E-state index in [0.29, 0.717) is 27.2 Å². The van der Waals surface area contributed by atoms with Gasteiger partial charge in [-0.1, -0.05) is 0 Å². The molecule has 0 saturated heterocycles. The normalized spacial score (nSPS) is 12.1. The first-order valence-electron chi connectivity index (χ1n) is 8.40. The van der Waals surface area contributed by atoms with Crippen molar-refractivity contribution in [2.45, 2.75) is 6.54 Å². The van der Waals surface area contributed by atoms with Crippen molar-refractivity contribution in [3.63, 3.8) is 0 Å². The highest BCUT2D eigenvalue weighted by molar-refractivity contribution is 7.17. The number of ether oxygens (including phenoxy) is 2. The first kappa shape index (κ1) is 18.0. The lowest BCUT2D eigenvalue weighted by atomic mass is 10.2. The summed E-state index contributed by atoms with van der Waals surface area (Å²) in [7, 11) is 3.35. The fourth-order valence-corrected chi connectivity index (χ4v) is 3.32. The molecular weight excluding hydrogens is 382 g/mol. The summed E-state index contributed by atoms with van der Waals surface area (Å²) in [6, 6.07) is 7.17. The topological polar surface area (TPSA) is 98.6 Å². The number of hydrogen-bond donors (Lipinski definition) is 1. The molecule has 0 atom stereocenters. The standard InChI is InChI=1S/C18H17N5O4S/c1-22(2)16(24)9-23-6-5-15(21-23)20-17(25)14-8-19-18(28-14)11-3-4-12-13(7-11)27-10-26-12/h3-8H,9-10H2,1-2H3,(H,20,21,25). The maximum absolute atomic E-state index is 12.5. The Labute approximate surface area is 164 Å². The summed E-state index contributed by atoms with van der Waals surface area (Å²) in [4.78, 5) is 30.5. The minimum Gasteiger partial charge on any atom is -0.454 e. The van der Waals surface area contributed by atoms with E-state index in [-0.39, 0.29) is 25.2 Å². The molecule has 0 aliphatic carbocycles. The van der Waals surface area contributed by atoms with Gasteiger partial charge < -0.3 is 19.7 Å². The minimum atomic E-state index is -0.311. The van der Waals surface area contributed by atoms with E-state index in [1.165, 1.54) is 27.1 Å². The van der Waals surface area contributed by atoms with Crippen LogP contribution >= 0.6 is 11.3 Å². The van der Waals surface area contributed by atoms with Crippen molar-refractivity contribution >= 4 is 29.0 Å². The smallest absolute Gasteiger partial charge is 0.268 e. The molecule has 0 spiro atoms. The van der Waals surface area contributed by atoms with Gasteiger partial charge >= 0.3 is 0 Å². The van der Waals surface area contributed by atoms with E-state index in [1.807, 2.05) is 18.2 Å². The molecular formula is C18H17N5O4S. The number of benzene rings is 1. The molecule has 0 saturated carbocycles. The third-order valence-corrected chi connectivity index (χ3v) is 5.07. The van der Waals surface area contributed by atoms with E-state index in [1.54, 1.807) is 26.4 Å². The van der Waals surface area contributed by atoms with Crippen molar-refractivity contribution in [2.75, 3.05) is 26.2 Å². The van der Waals surface area contributed by atoms with Gasteiger partial charge in [-0.15, -0.1) is 11.3 Å². The number of thiazole rings is 1. The Bertz CT molecular complexity index is 1040. The van der Waals surface area contributed by atoms with Crippen LogP contribution in [0.4, 0.5) is 5.82 Å². The first-order valence-corrected chi connectivity index (χ1v) is 9.22. The zero-order valence-corrected chi connectivity index (χ0v) is 16.0. The third kappa shape index (κ3) is 3.67. The number of fused-ring (bicyclic) bond motifs is 1. The van der Waals surface area contributed by atoms with Gasteiger partial charge in [-0.2, -0.15) is 5.10 Å². The van der Waals surface area contributed by atoms with Crippen molar-refractivity contribution in [1.82, 2.24) is 19.7 Å². The maximum atomic E-state index is 12.5. The van der Waals surface area contributed by atoms with Crippen molar-refractivity contribution in [2.24, 2.45) is 0 Å². The number of rotatable bonds is 5. The van der Waals surface area contributed by atoms with Gasteiger partial charge in [0.2, 0.25) is 12.7 Å². The van der Waals surface area contributed by atoms with Crippen LogP contribution < -0.4 is 14.8 Å². The Balaban J connectivity index is 1.44. The molecule has 28 heavy (non-hydrogen) atoms. The van der Waals surface area contributed by atoms with Crippen LogP contribution in [0.15, 0.2) is 36.7 Å². The Hall–Kier alpha value is -3.40. The molecule has 2 amide bonds. The Kier molecular flexibility index (Phi) is 4.70. The molecule has 1 aromatic carbocycles. The monoisotopic (exact) mass is 399 g/mol. The number of nitrogens with one attached hydrogen (secondary N) is 1. The average Bonchev–Trinajstić information content (AvgIpc) is 3.41. The molecule has 144 valence electrons. The van der Waals surface area contributed by atoms with Gasteiger partial charge in [-0.3, -0.25) is 14.3 Å². The second kappa shape index (κ2) is 7.31. The highest BCUT2D eigenvalue weighted by atomic mass is 32.1. The highest BCUT2D eigenvalue weighted by Gasteiger charge is 2.17. The fourth-order valence-electron chi connectivity index (χ4n) is 2.52. The number of likely N-dealkylation sites (N-methyl/N-ethyl adjacent to an activating group) is 1. The van der Waals surface area contributed by atoms with Crippen LogP contribution in [-0.4, -0.2) is 52.4 Å². The third-order valence-electron chi connectivity index (χ3n) is 4.03. The van der Waals surface area contributed by atoms with E-state index in [2.05, 4.69) is 15.4 Å². The molecule has 4 rings (SSSR count). The Morgan fingerprint density at radius 1 is 1.25 bits per heavy atom. The molecule has 1 aliphatic heterocycles. The summed E-state index contributed by atoms with van der Waals surface area (Å²) in [5, 5.41) is 7.61. The Morgan fingerprint density at radius 3 is 2.89 bits per heavy atom. The molecule has 3 heterocycles. The molecule has 0 fully saturated rings. The first-order chi connectivity index (χ1) is 13.5. The summed E-state index contributed by atoms with van der Waals surface area (Å²) in [6.45, 7) is 0.314. The lowest BCUT2D eigenvalue weighted by Crippen LogP contribution is -2.26. The van der Waals surface area contributed by atoms with E-state index < -0.39 is 0 Å². The average molecular weight is 399 g/mol. The van der Waals surface area contributed by atoms with Crippen molar-refractivity contribution < 1.29 is 19.1 Å². The van der Waals surface area contributed by atoms with Gasteiger partial charge in [0, 0.05) is 31.9 Å². The van der Waals surface area contributed by atoms with Crippen LogP contribution in [0.3, 0.4) is 0 Å². The molecule has 1 N–H and O–H groups in total. The molecule has 0 bridgehead atoms. The molecule has 1 aliphatic rings. The lowest BCUT2D eigenvalue weighted by Gasteiger charge is -2.09. The SMILES string of the molecule is CN(C)C(=O)Cn1ccc(NC(=O)c2cnc(-c3ccc4c(c3)OCO4)s2)n1. The fraction of sp³-hybridized carbons (Fsp3) is 0.222. The Morgan fingerprint density at radius 2 is 2.07 bits per heavy atom. The minimum absolute atomic E-state index is 0.0863.